The Morgan fingerprint density at radius 1 is 1.36 bits per heavy atom. The molecule has 1 aromatic carbocycles. The van der Waals surface area contributed by atoms with Crippen LogP contribution in [0, 0.1) is 0 Å². The van der Waals surface area contributed by atoms with Gasteiger partial charge in [-0.05, 0) is 47.0 Å². The molecule has 0 spiro atoms. The van der Waals surface area contributed by atoms with E-state index in [-0.39, 0.29) is 5.25 Å². The molecule has 0 aromatic heterocycles. The molecule has 1 aliphatic rings. The minimum atomic E-state index is -3.09. The van der Waals surface area contributed by atoms with Crippen molar-refractivity contribution < 1.29 is 8.42 Å². The average molecular weight is 276 g/mol. The molecule has 0 saturated heterocycles. The largest absolute Gasteiger partial charge is 0.398 e. The molecule has 0 unspecified atom stereocenters. The van der Waals surface area contributed by atoms with Crippen molar-refractivity contribution in [2.24, 2.45) is 0 Å². The van der Waals surface area contributed by atoms with Crippen LogP contribution in [-0.2, 0) is 9.84 Å². The Kier molecular flexibility index (Phi) is 2.31. The van der Waals surface area contributed by atoms with Crippen molar-refractivity contribution in [2.75, 3.05) is 5.73 Å². The number of hydrogen-bond acceptors (Lipinski definition) is 3. The molecule has 1 fully saturated rings. The SMILES string of the molecule is Nc1ccc(S(=O)(=O)C2CC2)cc1Br. The highest BCUT2D eigenvalue weighted by Gasteiger charge is 2.36. The maximum atomic E-state index is 11.8. The van der Waals surface area contributed by atoms with Crippen molar-refractivity contribution in [3.8, 4) is 0 Å². The van der Waals surface area contributed by atoms with Crippen LogP contribution < -0.4 is 5.73 Å². The molecule has 0 radical (unpaired) electrons. The fourth-order valence-electron chi connectivity index (χ4n) is 1.26. The number of nitrogens with two attached hydrogens (primary N) is 1. The van der Waals surface area contributed by atoms with Crippen LogP contribution in [0.15, 0.2) is 27.6 Å². The Morgan fingerprint density at radius 3 is 2.50 bits per heavy atom. The number of sulfone groups is 1. The van der Waals surface area contributed by atoms with Crippen molar-refractivity contribution in [1.29, 1.82) is 0 Å². The molecular formula is C9H10BrNO2S. The lowest BCUT2D eigenvalue weighted by atomic mass is 10.3. The summed E-state index contributed by atoms with van der Waals surface area (Å²) in [5, 5.41) is -0.168. The monoisotopic (exact) mass is 275 g/mol. The van der Waals surface area contributed by atoms with E-state index >= 15 is 0 Å². The van der Waals surface area contributed by atoms with E-state index in [4.69, 9.17) is 5.73 Å². The summed E-state index contributed by atoms with van der Waals surface area (Å²) in [5.41, 5.74) is 6.14. The second-order valence-electron chi connectivity index (χ2n) is 3.43. The fourth-order valence-corrected chi connectivity index (χ4v) is 3.47. The van der Waals surface area contributed by atoms with Crippen LogP contribution >= 0.6 is 15.9 Å². The molecule has 2 N–H and O–H groups in total. The molecule has 5 heteroatoms. The number of nitrogen functional groups attached to an aromatic ring is 1. The van der Waals surface area contributed by atoms with E-state index in [1.807, 2.05) is 0 Å². The maximum absolute atomic E-state index is 11.8. The lowest BCUT2D eigenvalue weighted by Crippen LogP contribution is -2.07. The first kappa shape index (κ1) is 9.98. The number of benzene rings is 1. The first-order valence-corrected chi connectivity index (χ1v) is 6.64. The van der Waals surface area contributed by atoms with Gasteiger partial charge in [0.15, 0.2) is 9.84 Å². The normalized spacial score (nSPS) is 16.9. The summed E-state index contributed by atoms with van der Waals surface area (Å²) in [6, 6.07) is 4.75. The first-order chi connectivity index (χ1) is 6.51. The zero-order valence-corrected chi connectivity index (χ0v) is 9.81. The predicted octanol–water partition coefficient (Wildman–Crippen LogP) is 1.97. The molecule has 3 nitrogen and oxygen atoms in total. The molecule has 1 aromatic rings. The summed E-state index contributed by atoms with van der Waals surface area (Å²) < 4.78 is 24.2. The number of anilines is 1. The van der Waals surface area contributed by atoms with Crippen molar-refractivity contribution in [3.63, 3.8) is 0 Å². The highest BCUT2D eigenvalue weighted by molar-refractivity contribution is 9.10. The van der Waals surface area contributed by atoms with Crippen LogP contribution in [0.3, 0.4) is 0 Å². The van der Waals surface area contributed by atoms with Gasteiger partial charge in [-0.2, -0.15) is 0 Å². The molecule has 0 atom stereocenters. The van der Waals surface area contributed by atoms with E-state index in [0.29, 0.717) is 15.1 Å². The van der Waals surface area contributed by atoms with Crippen LogP contribution in [0.25, 0.3) is 0 Å². The van der Waals surface area contributed by atoms with Gasteiger partial charge in [-0.25, -0.2) is 8.42 Å². The standard InChI is InChI=1S/C9H10BrNO2S/c10-8-5-7(3-4-9(8)11)14(12,13)6-1-2-6/h3-6H,1-2,11H2. The summed E-state index contributed by atoms with van der Waals surface area (Å²) in [5.74, 6) is 0. The molecule has 0 aliphatic heterocycles. The highest BCUT2D eigenvalue weighted by atomic mass is 79.9. The Hall–Kier alpha value is -0.550. The van der Waals surface area contributed by atoms with Crippen molar-refractivity contribution >= 4 is 31.5 Å². The van der Waals surface area contributed by atoms with Crippen LogP contribution in [-0.4, -0.2) is 13.7 Å². The topological polar surface area (TPSA) is 60.2 Å². The van der Waals surface area contributed by atoms with Crippen molar-refractivity contribution in [3.05, 3.63) is 22.7 Å². The molecule has 2 rings (SSSR count). The fraction of sp³-hybridized carbons (Fsp3) is 0.333. The van der Waals surface area contributed by atoms with Crippen LogP contribution in [0.5, 0.6) is 0 Å². The van der Waals surface area contributed by atoms with Gasteiger partial charge >= 0.3 is 0 Å². The van der Waals surface area contributed by atoms with E-state index in [2.05, 4.69) is 15.9 Å². The molecule has 14 heavy (non-hydrogen) atoms. The van der Waals surface area contributed by atoms with E-state index < -0.39 is 9.84 Å². The van der Waals surface area contributed by atoms with Crippen molar-refractivity contribution in [2.45, 2.75) is 23.0 Å². The lowest BCUT2D eigenvalue weighted by Gasteiger charge is -2.04. The van der Waals surface area contributed by atoms with Gasteiger partial charge in [0.1, 0.15) is 0 Å². The first-order valence-electron chi connectivity index (χ1n) is 4.31. The quantitative estimate of drug-likeness (QED) is 0.840. The molecule has 0 amide bonds. The Labute approximate surface area is 91.4 Å². The van der Waals surface area contributed by atoms with E-state index in [0.717, 1.165) is 12.8 Å². The number of halogens is 1. The molecule has 1 saturated carbocycles. The van der Waals surface area contributed by atoms with Crippen LogP contribution in [0.4, 0.5) is 5.69 Å². The molecule has 76 valence electrons. The van der Waals surface area contributed by atoms with Gasteiger partial charge in [0.25, 0.3) is 0 Å². The summed E-state index contributed by atoms with van der Waals surface area (Å²) in [7, 11) is -3.09. The van der Waals surface area contributed by atoms with Gasteiger partial charge in [-0.1, -0.05) is 0 Å². The van der Waals surface area contributed by atoms with E-state index in [1.165, 1.54) is 0 Å². The zero-order chi connectivity index (χ0) is 10.3. The summed E-state index contributed by atoms with van der Waals surface area (Å²) >= 11 is 3.22. The van der Waals surface area contributed by atoms with E-state index in [9.17, 15) is 8.42 Å². The summed E-state index contributed by atoms with van der Waals surface area (Å²) in [4.78, 5) is 0.362. The van der Waals surface area contributed by atoms with E-state index in [1.54, 1.807) is 18.2 Å². The van der Waals surface area contributed by atoms with Gasteiger partial charge < -0.3 is 5.73 Å². The van der Waals surface area contributed by atoms with Gasteiger partial charge in [0.2, 0.25) is 0 Å². The summed E-state index contributed by atoms with van der Waals surface area (Å²) in [6.45, 7) is 0. The Balaban J connectivity index is 2.46. The summed E-state index contributed by atoms with van der Waals surface area (Å²) in [6.07, 6.45) is 1.56. The van der Waals surface area contributed by atoms with Gasteiger partial charge in [-0.15, -0.1) is 0 Å². The molecule has 0 bridgehead atoms. The minimum absolute atomic E-state index is 0.168. The minimum Gasteiger partial charge on any atom is -0.398 e. The van der Waals surface area contributed by atoms with Gasteiger partial charge in [0.05, 0.1) is 10.1 Å². The number of hydrogen-bond donors (Lipinski definition) is 1. The van der Waals surface area contributed by atoms with Crippen molar-refractivity contribution in [1.82, 2.24) is 0 Å². The maximum Gasteiger partial charge on any atom is 0.181 e. The molecule has 0 heterocycles. The zero-order valence-electron chi connectivity index (χ0n) is 7.40. The average Bonchev–Trinajstić information content (AvgIpc) is 2.92. The Morgan fingerprint density at radius 2 is 2.00 bits per heavy atom. The third-order valence-corrected chi connectivity index (χ3v) is 5.21. The van der Waals surface area contributed by atoms with Crippen LogP contribution in [0.1, 0.15) is 12.8 Å². The smallest absolute Gasteiger partial charge is 0.181 e. The predicted molar refractivity (Wildman–Crippen MR) is 58.8 cm³/mol. The Bertz CT molecular complexity index is 466. The van der Waals surface area contributed by atoms with Crippen LogP contribution in [0.2, 0.25) is 0 Å². The number of rotatable bonds is 2. The molecular weight excluding hydrogens is 266 g/mol. The second kappa shape index (κ2) is 3.24. The lowest BCUT2D eigenvalue weighted by molar-refractivity contribution is 0.595. The van der Waals surface area contributed by atoms with Gasteiger partial charge in [0, 0.05) is 10.2 Å². The highest BCUT2D eigenvalue weighted by Crippen LogP contribution is 2.35. The molecule has 1 aliphatic carbocycles. The van der Waals surface area contributed by atoms with Gasteiger partial charge in [-0.3, -0.25) is 0 Å². The third-order valence-electron chi connectivity index (χ3n) is 2.26. The third kappa shape index (κ3) is 1.66. The second-order valence-corrected chi connectivity index (χ2v) is 6.51.